The minimum absolute atomic E-state index is 0.171. The summed E-state index contributed by atoms with van der Waals surface area (Å²) in [5, 5.41) is 11.1. The molecule has 0 saturated carbocycles. The van der Waals surface area contributed by atoms with Gasteiger partial charge < -0.3 is 15.0 Å². The Hall–Kier alpha value is -4.08. The molecular formula is C28H26N6O2S. The van der Waals surface area contributed by atoms with Gasteiger partial charge in [0.25, 0.3) is 0 Å². The molecule has 8 nitrogen and oxygen atoms in total. The van der Waals surface area contributed by atoms with E-state index in [9.17, 15) is 4.79 Å². The Balaban J connectivity index is 1.34. The molecule has 0 spiro atoms. The van der Waals surface area contributed by atoms with Crippen molar-refractivity contribution in [1.82, 2.24) is 25.5 Å². The molecule has 1 amide bonds. The molecule has 2 aromatic carbocycles. The lowest BCUT2D eigenvalue weighted by Crippen LogP contribution is -2.36. The molecule has 0 aliphatic carbocycles. The number of anilines is 1. The van der Waals surface area contributed by atoms with Crippen molar-refractivity contribution in [2.75, 3.05) is 31.2 Å². The second-order valence-electron chi connectivity index (χ2n) is 8.95. The van der Waals surface area contributed by atoms with Gasteiger partial charge in [0.1, 0.15) is 0 Å². The van der Waals surface area contributed by atoms with E-state index in [2.05, 4.69) is 63.4 Å². The van der Waals surface area contributed by atoms with Gasteiger partial charge in [-0.3, -0.25) is 9.89 Å². The fourth-order valence-electron chi connectivity index (χ4n) is 4.56. The van der Waals surface area contributed by atoms with Crippen molar-refractivity contribution >= 4 is 44.2 Å². The highest BCUT2D eigenvalue weighted by atomic mass is 32.1. The molecular weight excluding hydrogens is 484 g/mol. The summed E-state index contributed by atoms with van der Waals surface area (Å²) in [4.78, 5) is 25.1. The SMILES string of the molecule is C=CC(=O)NCc1ccc(Cc2cc3nc(-c4cccc5[nH]ncc45)nc(N4CCOCC4)c3s2)cc1. The number of nitrogens with zero attached hydrogens (tertiary/aromatic N) is 4. The van der Waals surface area contributed by atoms with Crippen LogP contribution in [0.3, 0.4) is 0 Å². The number of fused-ring (bicyclic) bond motifs is 2. The quantitative estimate of drug-likeness (QED) is 0.314. The van der Waals surface area contributed by atoms with Crippen molar-refractivity contribution < 1.29 is 9.53 Å². The molecule has 6 rings (SSSR count). The van der Waals surface area contributed by atoms with E-state index >= 15 is 0 Å². The third kappa shape index (κ3) is 4.83. The Kier molecular flexibility index (Phi) is 6.38. The number of thiophene rings is 1. The monoisotopic (exact) mass is 510 g/mol. The Morgan fingerprint density at radius 3 is 2.76 bits per heavy atom. The average Bonchev–Trinajstić information content (AvgIpc) is 3.59. The maximum absolute atomic E-state index is 11.4. The van der Waals surface area contributed by atoms with Crippen LogP contribution < -0.4 is 10.2 Å². The van der Waals surface area contributed by atoms with E-state index in [1.54, 1.807) is 11.3 Å². The van der Waals surface area contributed by atoms with Gasteiger partial charge in [-0.25, -0.2) is 9.97 Å². The Labute approximate surface area is 218 Å². The van der Waals surface area contributed by atoms with Gasteiger partial charge in [-0.1, -0.05) is 43.0 Å². The van der Waals surface area contributed by atoms with Gasteiger partial charge in [0, 0.05) is 41.9 Å². The summed E-state index contributed by atoms with van der Waals surface area (Å²) < 4.78 is 6.70. The number of hydrogen-bond donors (Lipinski definition) is 2. The fraction of sp³-hybridized carbons (Fsp3) is 0.214. The zero-order valence-electron chi connectivity index (χ0n) is 20.2. The van der Waals surface area contributed by atoms with Crippen LogP contribution in [0.15, 0.2) is 67.4 Å². The standard InChI is InChI=1S/C28H26N6O2S/c1-2-25(35)29-16-19-8-6-18(7-9-19)14-20-15-24-26(37-20)28(34-10-12-36-13-11-34)32-27(31-24)21-4-3-5-23-22(21)17-30-33-23/h2-9,15,17H,1,10-14,16H2,(H,29,35)(H,30,33). The summed E-state index contributed by atoms with van der Waals surface area (Å²) in [6.07, 6.45) is 3.92. The number of nitrogens with one attached hydrogen (secondary N) is 2. The molecule has 186 valence electrons. The number of carbonyl (C=O) groups excluding carboxylic acids is 1. The Morgan fingerprint density at radius 1 is 1.14 bits per heavy atom. The van der Waals surface area contributed by atoms with Gasteiger partial charge in [0.2, 0.25) is 5.91 Å². The first kappa shape index (κ1) is 23.3. The summed E-state index contributed by atoms with van der Waals surface area (Å²) in [5.41, 5.74) is 5.14. The van der Waals surface area contributed by atoms with Crippen LogP contribution in [-0.4, -0.2) is 52.4 Å². The van der Waals surface area contributed by atoms with Gasteiger partial charge in [-0.15, -0.1) is 11.3 Å². The van der Waals surface area contributed by atoms with Crippen molar-refractivity contribution in [1.29, 1.82) is 0 Å². The average molecular weight is 511 g/mol. The zero-order chi connectivity index (χ0) is 25.2. The summed E-state index contributed by atoms with van der Waals surface area (Å²) in [5.74, 6) is 1.50. The van der Waals surface area contributed by atoms with Crippen LogP contribution in [0, 0.1) is 0 Å². The largest absolute Gasteiger partial charge is 0.378 e. The van der Waals surface area contributed by atoms with Crippen molar-refractivity contribution in [3.8, 4) is 11.4 Å². The zero-order valence-corrected chi connectivity index (χ0v) is 21.1. The molecule has 0 atom stereocenters. The van der Waals surface area contributed by atoms with E-state index in [1.165, 1.54) is 16.5 Å². The molecule has 5 aromatic rings. The van der Waals surface area contributed by atoms with Crippen LogP contribution in [0.4, 0.5) is 5.82 Å². The van der Waals surface area contributed by atoms with Crippen LogP contribution in [0.2, 0.25) is 0 Å². The number of hydrogen-bond acceptors (Lipinski definition) is 7. The van der Waals surface area contributed by atoms with Crippen LogP contribution in [-0.2, 0) is 22.5 Å². The minimum Gasteiger partial charge on any atom is -0.378 e. The fourth-order valence-corrected chi connectivity index (χ4v) is 5.71. The molecule has 3 aromatic heterocycles. The van der Waals surface area contributed by atoms with Crippen LogP contribution >= 0.6 is 11.3 Å². The number of aromatic nitrogens is 4. The third-order valence-corrected chi connectivity index (χ3v) is 7.61. The van der Waals surface area contributed by atoms with E-state index in [-0.39, 0.29) is 5.91 Å². The number of benzene rings is 2. The van der Waals surface area contributed by atoms with Gasteiger partial charge in [0.05, 0.1) is 35.1 Å². The van der Waals surface area contributed by atoms with Crippen molar-refractivity contribution in [2.45, 2.75) is 13.0 Å². The van der Waals surface area contributed by atoms with E-state index in [1.807, 2.05) is 18.3 Å². The predicted octanol–water partition coefficient (Wildman–Crippen LogP) is 4.46. The van der Waals surface area contributed by atoms with Gasteiger partial charge >= 0.3 is 0 Å². The molecule has 0 radical (unpaired) electrons. The van der Waals surface area contributed by atoms with E-state index in [4.69, 9.17) is 14.7 Å². The summed E-state index contributed by atoms with van der Waals surface area (Å²) in [7, 11) is 0. The first-order valence-electron chi connectivity index (χ1n) is 12.2. The first-order chi connectivity index (χ1) is 18.2. The van der Waals surface area contributed by atoms with Crippen LogP contribution in [0.1, 0.15) is 16.0 Å². The van der Waals surface area contributed by atoms with E-state index in [0.717, 1.165) is 57.6 Å². The molecule has 4 heterocycles. The number of amides is 1. The first-order valence-corrected chi connectivity index (χ1v) is 13.0. The Morgan fingerprint density at radius 2 is 1.95 bits per heavy atom. The van der Waals surface area contributed by atoms with Gasteiger partial charge in [-0.2, -0.15) is 5.10 Å². The van der Waals surface area contributed by atoms with Crippen molar-refractivity contribution in [3.05, 3.63) is 83.4 Å². The number of carbonyl (C=O) groups is 1. The summed E-state index contributed by atoms with van der Waals surface area (Å²) in [6, 6.07) is 16.6. The molecule has 2 N–H and O–H groups in total. The molecule has 0 bridgehead atoms. The third-order valence-electron chi connectivity index (χ3n) is 6.49. The molecule has 1 aliphatic rings. The summed E-state index contributed by atoms with van der Waals surface area (Å²) in [6.45, 7) is 6.96. The normalized spacial score (nSPS) is 13.8. The summed E-state index contributed by atoms with van der Waals surface area (Å²) >= 11 is 1.75. The van der Waals surface area contributed by atoms with Crippen molar-refractivity contribution in [3.63, 3.8) is 0 Å². The smallest absolute Gasteiger partial charge is 0.243 e. The predicted molar refractivity (Wildman–Crippen MR) is 147 cm³/mol. The number of H-pyrrole nitrogens is 1. The lowest BCUT2D eigenvalue weighted by molar-refractivity contribution is -0.116. The second-order valence-corrected chi connectivity index (χ2v) is 10.1. The van der Waals surface area contributed by atoms with Gasteiger partial charge in [-0.05, 0) is 29.3 Å². The van der Waals surface area contributed by atoms with Crippen molar-refractivity contribution in [2.24, 2.45) is 0 Å². The molecule has 37 heavy (non-hydrogen) atoms. The highest BCUT2D eigenvalue weighted by molar-refractivity contribution is 7.19. The molecule has 1 saturated heterocycles. The van der Waals surface area contributed by atoms with Gasteiger partial charge in [0.15, 0.2) is 11.6 Å². The number of rotatable bonds is 7. The topological polar surface area (TPSA) is 96.0 Å². The van der Waals surface area contributed by atoms with E-state index in [0.29, 0.717) is 25.6 Å². The molecule has 1 aliphatic heterocycles. The molecule has 9 heteroatoms. The van der Waals surface area contributed by atoms with Crippen LogP contribution in [0.25, 0.3) is 32.5 Å². The minimum atomic E-state index is -0.171. The molecule has 0 unspecified atom stereocenters. The van der Waals surface area contributed by atoms with Crippen LogP contribution in [0.5, 0.6) is 0 Å². The Bertz CT molecular complexity index is 1580. The highest BCUT2D eigenvalue weighted by Gasteiger charge is 2.21. The second kappa shape index (κ2) is 10.1. The number of morpholine rings is 1. The lowest BCUT2D eigenvalue weighted by atomic mass is 10.1. The maximum atomic E-state index is 11.4. The number of ether oxygens (including phenoxy) is 1. The highest BCUT2D eigenvalue weighted by Crippen LogP contribution is 2.36. The molecule has 1 fully saturated rings. The maximum Gasteiger partial charge on any atom is 0.243 e. The lowest BCUT2D eigenvalue weighted by Gasteiger charge is -2.28. The number of aromatic amines is 1. The van der Waals surface area contributed by atoms with E-state index < -0.39 is 0 Å².